The molecule has 0 spiro atoms. The van der Waals surface area contributed by atoms with Gasteiger partial charge >= 0.3 is 12.1 Å². The van der Waals surface area contributed by atoms with E-state index in [1.807, 2.05) is 0 Å². The minimum absolute atomic E-state index is 0.106. The monoisotopic (exact) mass is 392 g/mol. The first-order chi connectivity index (χ1) is 13.4. The molecule has 0 saturated carbocycles. The SMILES string of the molecule is C#CCOCc1cc(NC(=O)[C@H](CCCNC(N)=O)OC(N)=O)ccc1CO. The predicted molar refractivity (Wildman–Crippen MR) is 101 cm³/mol. The molecule has 1 atom stereocenters. The zero-order chi connectivity index (χ0) is 20.9. The summed E-state index contributed by atoms with van der Waals surface area (Å²) in [6, 6.07) is 4.14. The van der Waals surface area contributed by atoms with Crippen LogP contribution in [0.3, 0.4) is 0 Å². The second-order valence-corrected chi connectivity index (χ2v) is 5.69. The molecule has 1 aromatic rings. The van der Waals surface area contributed by atoms with E-state index in [0.717, 1.165) is 0 Å². The molecule has 10 nitrogen and oxygen atoms in total. The molecule has 152 valence electrons. The van der Waals surface area contributed by atoms with Crippen LogP contribution in [0.5, 0.6) is 0 Å². The van der Waals surface area contributed by atoms with Gasteiger partial charge in [0.05, 0.1) is 13.2 Å². The minimum Gasteiger partial charge on any atom is -0.436 e. The van der Waals surface area contributed by atoms with Crippen molar-refractivity contribution >= 4 is 23.7 Å². The Morgan fingerprint density at radius 3 is 2.61 bits per heavy atom. The maximum Gasteiger partial charge on any atom is 0.405 e. The van der Waals surface area contributed by atoms with Crippen molar-refractivity contribution in [2.24, 2.45) is 11.5 Å². The molecule has 0 unspecified atom stereocenters. The molecule has 4 amide bonds. The number of nitrogens with two attached hydrogens (primary N) is 2. The average molecular weight is 392 g/mol. The molecule has 0 bridgehead atoms. The number of benzene rings is 1. The molecule has 0 saturated heterocycles. The van der Waals surface area contributed by atoms with Crippen LogP contribution in [0.4, 0.5) is 15.3 Å². The van der Waals surface area contributed by atoms with Gasteiger partial charge in [0, 0.05) is 12.2 Å². The van der Waals surface area contributed by atoms with Gasteiger partial charge in [-0.3, -0.25) is 4.79 Å². The number of aliphatic hydroxyl groups excluding tert-OH is 1. The van der Waals surface area contributed by atoms with Crippen molar-refractivity contribution < 1.29 is 29.0 Å². The van der Waals surface area contributed by atoms with Crippen molar-refractivity contribution in [2.75, 3.05) is 18.5 Å². The van der Waals surface area contributed by atoms with Gasteiger partial charge in [0.1, 0.15) is 6.61 Å². The quantitative estimate of drug-likeness (QED) is 0.266. The summed E-state index contributed by atoms with van der Waals surface area (Å²) < 4.78 is 10.1. The summed E-state index contributed by atoms with van der Waals surface area (Å²) in [5.41, 5.74) is 11.7. The summed E-state index contributed by atoms with van der Waals surface area (Å²) in [5.74, 6) is 1.75. The fourth-order valence-electron chi connectivity index (χ4n) is 2.32. The zero-order valence-electron chi connectivity index (χ0n) is 15.3. The van der Waals surface area contributed by atoms with Crippen LogP contribution in [0.15, 0.2) is 18.2 Å². The lowest BCUT2D eigenvalue weighted by molar-refractivity contribution is -0.124. The molecular formula is C18H24N4O6. The van der Waals surface area contributed by atoms with Gasteiger partial charge in [0.25, 0.3) is 5.91 Å². The Labute approximate surface area is 162 Å². The third-order valence-electron chi connectivity index (χ3n) is 3.58. The van der Waals surface area contributed by atoms with Crippen LogP contribution in [0.2, 0.25) is 0 Å². The maximum atomic E-state index is 12.4. The Bertz CT molecular complexity index is 731. The van der Waals surface area contributed by atoms with Crippen molar-refractivity contribution in [1.29, 1.82) is 0 Å². The van der Waals surface area contributed by atoms with Gasteiger partial charge in [-0.1, -0.05) is 12.0 Å². The van der Waals surface area contributed by atoms with Gasteiger partial charge < -0.3 is 36.7 Å². The number of urea groups is 1. The summed E-state index contributed by atoms with van der Waals surface area (Å²) in [5, 5.41) is 14.4. The molecule has 7 N–H and O–H groups in total. The number of amides is 4. The van der Waals surface area contributed by atoms with Crippen LogP contribution >= 0.6 is 0 Å². The molecule has 0 heterocycles. The summed E-state index contributed by atoms with van der Waals surface area (Å²) in [6.45, 7) is 0.269. The lowest BCUT2D eigenvalue weighted by Crippen LogP contribution is -2.36. The fourth-order valence-corrected chi connectivity index (χ4v) is 2.32. The van der Waals surface area contributed by atoms with Crippen molar-refractivity contribution in [2.45, 2.75) is 32.2 Å². The van der Waals surface area contributed by atoms with E-state index in [9.17, 15) is 19.5 Å². The Balaban J connectivity index is 2.79. The second kappa shape index (κ2) is 12.2. The summed E-state index contributed by atoms with van der Waals surface area (Å²) in [4.78, 5) is 34.2. The molecule has 0 aliphatic carbocycles. The van der Waals surface area contributed by atoms with Crippen LogP contribution in [0.1, 0.15) is 24.0 Å². The first kappa shape index (κ1) is 22.8. The largest absolute Gasteiger partial charge is 0.436 e. The fraction of sp³-hybridized carbons (Fsp3) is 0.389. The van der Waals surface area contributed by atoms with Crippen molar-refractivity contribution in [1.82, 2.24) is 5.32 Å². The number of terminal acetylenes is 1. The number of carbonyl (C=O) groups excluding carboxylic acids is 3. The van der Waals surface area contributed by atoms with E-state index in [0.29, 0.717) is 23.2 Å². The van der Waals surface area contributed by atoms with Gasteiger partial charge in [-0.05, 0) is 36.1 Å². The molecule has 0 radical (unpaired) electrons. The molecule has 0 aliphatic heterocycles. The molecule has 10 heteroatoms. The van der Waals surface area contributed by atoms with Crippen LogP contribution in [0.25, 0.3) is 0 Å². The highest BCUT2D eigenvalue weighted by molar-refractivity contribution is 5.95. The van der Waals surface area contributed by atoms with E-state index in [-0.39, 0.29) is 32.8 Å². The zero-order valence-corrected chi connectivity index (χ0v) is 15.3. The van der Waals surface area contributed by atoms with E-state index in [1.54, 1.807) is 18.2 Å². The van der Waals surface area contributed by atoms with Gasteiger partial charge in [0.15, 0.2) is 6.10 Å². The molecule has 0 aliphatic rings. The topological polar surface area (TPSA) is 166 Å². The Morgan fingerprint density at radius 1 is 1.25 bits per heavy atom. The lowest BCUT2D eigenvalue weighted by atomic mass is 10.1. The summed E-state index contributed by atoms with van der Waals surface area (Å²) in [7, 11) is 0. The number of ether oxygens (including phenoxy) is 2. The van der Waals surface area contributed by atoms with Gasteiger partial charge in [-0.25, -0.2) is 9.59 Å². The predicted octanol–water partition coefficient (Wildman–Crippen LogP) is 0.180. The number of hydrogen-bond donors (Lipinski definition) is 5. The number of carbonyl (C=O) groups is 3. The van der Waals surface area contributed by atoms with Gasteiger partial charge in [-0.2, -0.15) is 0 Å². The van der Waals surface area contributed by atoms with Crippen LogP contribution in [0, 0.1) is 12.3 Å². The smallest absolute Gasteiger partial charge is 0.405 e. The summed E-state index contributed by atoms with van der Waals surface area (Å²) >= 11 is 0. The molecular weight excluding hydrogens is 368 g/mol. The lowest BCUT2D eigenvalue weighted by Gasteiger charge is -2.17. The Morgan fingerprint density at radius 2 is 2.00 bits per heavy atom. The van der Waals surface area contributed by atoms with E-state index >= 15 is 0 Å². The average Bonchev–Trinajstić information content (AvgIpc) is 2.64. The molecule has 0 aromatic heterocycles. The Kier molecular flexibility index (Phi) is 9.88. The molecule has 0 fully saturated rings. The first-order valence-corrected chi connectivity index (χ1v) is 8.41. The number of hydrogen-bond acceptors (Lipinski definition) is 6. The number of anilines is 1. The molecule has 1 aromatic carbocycles. The number of aliphatic hydroxyl groups is 1. The number of nitrogens with one attached hydrogen (secondary N) is 2. The molecule has 1 rings (SSSR count). The van der Waals surface area contributed by atoms with Crippen molar-refractivity contribution in [3.05, 3.63) is 29.3 Å². The highest BCUT2D eigenvalue weighted by Gasteiger charge is 2.22. The Hall–Kier alpha value is -3.29. The standard InChI is InChI=1S/C18H24N4O6/c1-2-8-27-11-13-9-14(6-5-12(13)10-23)22-16(24)15(28-18(20)26)4-3-7-21-17(19)25/h1,5-6,9,15,23H,3-4,7-8,10-11H2,(H2,20,26)(H,22,24)(H3,19,21,25)/t15-/m0/s1. The second-order valence-electron chi connectivity index (χ2n) is 5.69. The van der Waals surface area contributed by atoms with E-state index in [2.05, 4.69) is 16.6 Å². The van der Waals surface area contributed by atoms with Crippen LogP contribution in [-0.2, 0) is 27.5 Å². The van der Waals surface area contributed by atoms with Gasteiger partial charge in [-0.15, -0.1) is 6.42 Å². The third kappa shape index (κ3) is 8.39. The van der Waals surface area contributed by atoms with Crippen LogP contribution < -0.4 is 22.1 Å². The summed E-state index contributed by atoms with van der Waals surface area (Å²) in [6.07, 6.45) is 3.36. The van der Waals surface area contributed by atoms with E-state index < -0.39 is 24.1 Å². The highest BCUT2D eigenvalue weighted by Crippen LogP contribution is 2.18. The number of primary amides is 2. The van der Waals surface area contributed by atoms with Gasteiger partial charge in [0.2, 0.25) is 0 Å². The normalized spacial score (nSPS) is 11.1. The van der Waals surface area contributed by atoms with Crippen molar-refractivity contribution in [3.63, 3.8) is 0 Å². The van der Waals surface area contributed by atoms with E-state index in [1.165, 1.54) is 0 Å². The van der Waals surface area contributed by atoms with E-state index in [4.69, 9.17) is 27.4 Å². The van der Waals surface area contributed by atoms with Crippen molar-refractivity contribution in [3.8, 4) is 12.3 Å². The number of rotatable bonds is 11. The van der Waals surface area contributed by atoms with Crippen LogP contribution in [-0.4, -0.2) is 42.4 Å². The molecule has 28 heavy (non-hydrogen) atoms. The maximum absolute atomic E-state index is 12.4. The highest BCUT2D eigenvalue weighted by atomic mass is 16.6. The first-order valence-electron chi connectivity index (χ1n) is 8.41. The third-order valence-corrected chi connectivity index (χ3v) is 3.58. The minimum atomic E-state index is -1.15.